The summed E-state index contributed by atoms with van der Waals surface area (Å²) < 4.78 is 40.1. The van der Waals surface area contributed by atoms with E-state index < -0.39 is 15.8 Å². The van der Waals surface area contributed by atoms with Crippen LogP contribution in [0.2, 0.25) is 10.2 Å². The fourth-order valence-corrected chi connectivity index (χ4v) is 3.45. The van der Waals surface area contributed by atoms with Crippen molar-refractivity contribution in [1.29, 1.82) is 0 Å². The minimum absolute atomic E-state index is 0.235. The highest BCUT2D eigenvalue weighted by Gasteiger charge is 2.21. The van der Waals surface area contributed by atoms with Crippen LogP contribution in [0.5, 0.6) is 0 Å². The van der Waals surface area contributed by atoms with Gasteiger partial charge in [-0.25, -0.2) is 17.8 Å². The molecule has 3 N–H and O–H groups in total. The van der Waals surface area contributed by atoms with Gasteiger partial charge in [0.2, 0.25) is 0 Å². The molecule has 0 atom stereocenters. The third-order valence-electron chi connectivity index (χ3n) is 2.64. The number of nitrogens with zero attached hydrogens (tertiary/aromatic N) is 1. The summed E-state index contributed by atoms with van der Waals surface area (Å²) >= 11 is 11.5. The highest BCUT2D eigenvalue weighted by atomic mass is 35.5. The van der Waals surface area contributed by atoms with E-state index in [-0.39, 0.29) is 26.4 Å². The van der Waals surface area contributed by atoms with Crippen molar-refractivity contribution in [2.75, 3.05) is 10.5 Å². The Morgan fingerprint density at radius 2 is 1.95 bits per heavy atom. The van der Waals surface area contributed by atoms with Crippen molar-refractivity contribution in [2.45, 2.75) is 11.8 Å². The molecule has 0 fully saturated rings. The van der Waals surface area contributed by atoms with E-state index in [2.05, 4.69) is 9.71 Å². The van der Waals surface area contributed by atoms with Crippen molar-refractivity contribution in [3.8, 4) is 0 Å². The Hall–Kier alpha value is -1.57. The molecule has 0 aliphatic rings. The van der Waals surface area contributed by atoms with Crippen molar-refractivity contribution in [1.82, 2.24) is 4.98 Å². The summed E-state index contributed by atoms with van der Waals surface area (Å²) in [6, 6.07) is 4.70. The van der Waals surface area contributed by atoms with Gasteiger partial charge in [0.15, 0.2) is 0 Å². The summed E-state index contributed by atoms with van der Waals surface area (Å²) in [4.78, 5) is 3.60. The fraction of sp³-hybridized carbons (Fsp3) is 0.0833. The van der Waals surface area contributed by atoms with Crippen molar-refractivity contribution in [3.05, 3.63) is 46.0 Å². The highest BCUT2D eigenvalue weighted by Crippen LogP contribution is 2.28. The Balaban J connectivity index is 2.46. The number of rotatable bonds is 3. The lowest BCUT2D eigenvalue weighted by molar-refractivity contribution is 0.600. The van der Waals surface area contributed by atoms with E-state index in [4.69, 9.17) is 28.9 Å². The molecule has 2 aromatic rings. The zero-order valence-electron chi connectivity index (χ0n) is 10.7. The fourth-order valence-electron chi connectivity index (χ4n) is 1.59. The molecule has 0 aliphatic carbocycles. The molecule has 112 valence electrons. The molecule has 5 nitrogen and oxygen atoms in total. The van der Waals surface area contributed by atoms with Crippen LogP contribution in [-0.4, -0.2) is 13.4 Å². The SMILES string of the molecule is Cc1nc(Cl)ccc1NS(=O)(=O)c1cc(N)c(F)cc1Cl. The van der Waals surface area contributed by atoms with Crippen molar-refractivity contribution < 1.29 is 12.8 Å². The molecule has 9 heteroatoms. The van der Waals surface area contributed by atoms with Crippen LogP contribution in [-0.2, 0) is 10.0 Å². The molecular formula is C12H10Cl2FN3O2S. The van der Waals surface area contributed by atoms with Crippen LogP contribution in [0.25, 0.3) is 0 Å². The standard InChI is InChI=1S/C12H10Cl2FN3O2S/c1-6-10(2-3-12(14)17-6)18-21(19,20)11-5-9(16)8(15)4-7(11)13/h2-5,18H,16H2,1H3. The minimum Gasteiger partial charge on any atom is -0.396 e. The average molecular weight is 350 g/mol. The molecule has 0 amide bonds. The van der Waals surface area contributed by atoms with Crippen molar-refractivity contribution in [2.24, 2.45) is 0 Å². The van der Waals surface area contributed by atoms with Crippen LogP contribution in [0.1, 0.15) is 5.69 Å². The second-order valence-corrected chi connectivity index (χ2v) is 6.62. The van der Waals surface area contributed by atoms with E-state index in [9.17, 15) is 12.8 Å². The van der Waals surface area contributed by atoms with Crippen LogP contribution in [0.3, 0.4) is 0 Å². The van der Waals surface area contributed by atoms with Crippen LogP contribution in [0, 0.1) is 12.7 Å². The summed E-state index contributed by atoms with van der Waals surface area (Å²) in [6.07, 6.45) is 0. The number of sulfonamides is 1. The first-order valence-corrected chi connectivity index (χ1v) is 7.85. The number of nitrogens with two attached hydrogens (primary N) is 1. The Labute approximate surface area is 130 Å². The number of benzene rings is 1. The molecule has 2 rings (SSSR count). The number of nitrogens with one attached hydrogen (secondary N) is 1. The summed E-state index contributed by atoms with van der Waals surface area (Å²) in [6.45, 7) is 1.59. The van der Waals surface area contributed by atoms with Gasteiger partial charge in [0, 0.05) is 0 Å². The zero-order chi connectivity index (χ0) is 15.8. The summed E-state index contributed by atoms with van der Waals surface area (Å²) in [5.74, 6) is -0.789. The number of halogens is 3. The van der Waals surface area contributed by atoms with E-state index in [1.807, 2.05) is 0 Å². The number of hydrogen-bond acceptors (Lipinski definition) is 4. The van der Waals surface area contributed by atoms with Crippen molar-refractivity contribution >= 4 is 44.6 Å². The molecule has 0 aliphatic heterocycles. The predicted octanol–water partition coefficient (Wildman–Crippen LogP) is 3.22. The Morgan fingerprint density at radius 1 is 1.29 bits per heavy atom. The van der Waals surface area contributed by atoms with Gasteiger partial charge >= 0.3 is 0 Å². The first kappa shape index (κ1) is 15.8. The lowest BCUT2D eigenvalue weighted by atomic mass is 10.3. The van der Waals surface area contributed by atoms with Gasteiger partial charge in [-0.1, -0.05) is 23.2 Å². The largest absolute Gasteiger partial charge is 0.396 e. The monoisotopic (exact) mass is 349 g/mol. The number of nitrogen functional groups attached to an aromatic ring is 1. The van der Waals surface area contributed by atoms with Gasteiger partial charge in [0.05, 0.1) is 22.1 Å². The Bertz CT molecular complexity index is 812. The van der Waals surface area contributed by atoms with Gasteiger partial charge in [0.1, 0.15) is 15.9 Å². The summed E-state index contributed by atoms with van der Waals surface area (Å²) in [7, 11) is -4.03. The average Bonchev–Trinajstić information content (AvgIpc) is 2.37. The number of hydrogen-bond donors (Lipinski definition) is 2. The predicted molar refractivity (Wildman–Crippen MR) is 80.6 cm³/mol. The lowest BCUT2D eigenvalue weighted by Gasteiger charge is -2.12. The molecule has 0 saturated heterocycles. The molecule has 0 radical (unpaired) electrons. The highest BCUT2D eigenvalue weighted by molar-refractivity contribution is 7.92. The topological polar surface area (TPSA) is 85.1 Å². The number of aromatic nitrogens is 1. The second-order valence-electron chi connectivity index (χ2n) is 4.18. The molecule has 21 heavy (non-hydrogen) atoms. The molecular weight excluding hydrogens is 340 g/mol. The van der Waals surface area contributed by atoms with E-state index in [0.29, 0.717) is 5.69 Å². The van der Waals surface area contributed by atoms with Gasteiger partial charge in [-0.05, 0) is 31.2 Å². The molecule has 1 aromatic carbocycles. The van der Waals surface area contributed by atoms with E-state index in [0.717, 1.165) is 12.1 Å². The number of anilines is 2. The maximum Gasteiger partial charge on any atom is 0.263 e. The maximum atomic E-state index is 13.2. The van der Waals surface area contributed by atoms with Crippen LogP contribution >= 0.6 is 23.2 Å². The molecule has 1 heterocycles. The first-order valence-electron chi connectivity index (χ1n) is 5.61. The van der Waals surface area contributed by atoms with E-state index >= 15 is 0 Å². The maximum absolute atomic E-state index is 13.2. The summed E-state index contributed by atoms with van der Waals surface area (Å²) in [5.41, 5.74) is 5.68. The molecule has 0 unspecified atom stereocenters. The van der Waals surface area contributed by atoms with Crippen molar-refractivity contribution in [3.63, 3.8) is 0 Å². The lowest BCUT2D eigenvalue weighted by Crippen LogP contribution is -2.15. The third-order valence-corrected chi connectivity index (χ3v) is 4.68. The molecule has 0 bridgehead atoms. The number of pyridine rings is 1. The van der Waals surface area contributed by atoms with Gasteiger partial charge in [-0.2, -0.15) is 0 Å². The third kappa shape index (κ3) is 3.37. The van der Waals surface area contributed by atoms with E-state index in [1.165, 1.54) is 12.1 Å². The first-order chi connectivity index (χ1) is 9.70. The molecule has 0 spiro atoms. The normalized spacial score (nSPS) is 11.4. The van der Waals surface area contributed by atoms with E-state index in [1.54, 1.807) is 6.92 Å². The van der Waals surface area contributed by atoms with Gasteiger partial charge in [0.25, 0.3) is 10.0 Å². The van der Waals surface area contributed by atoms with Gasteiger partial charge in [-0.15, -0.1) is 0 Å². The van der Waals surface area contributed by atoms with Crippen LogP contribution < -0.4 is 10.5 Å². The van der Waals surface area contributed by atoms with Crippen LogP contribution in [0.4, 0.5) is 15.8 Å². The Morgan fingerprint density at radius 3 is 2.57 bits per heavy atom. The van der Waals surface area contributed by atoms with Gasteiger partial charge in [-0.3, -0.25) is 4.72 Å². The quantitative estimate of drug-likeness (QED) is 0.658. The molecule has 1 aromatic heterocycles. The Kier molecular flexibility index (Phi) is 4.27. The minimum atomic E-state index is -4.03. The van der Waals surface area contributed by atoms with Crippen LogP contribution in [0.15, 0.2) is 29.2 Å². The molecule has 0 saturated carbocycles. The second kappa shape index (κ2) is 5.67. The summed E-state index contributed by atoms with van der Waals surface area (Å²) in [5, 5.41) is -0.0340. The van der Waals surface area contributed by atoms with Gasteiger partial charge < -0.3 is 5.73 Å². The number of aryl methyl sites for hydroxylation is 1. The zero-order valence-corrected chi connectivity index (χ0v) is 13.0. The smallest absolute Gasteiger partial charge is 0.263 e.